The molecular weight excluding hydrogens is 236 g/mol. The molecule has 0 aliphatic heterocycles. The average Bonchev–Trinajstić information content (AvgIpc) is 2.39. The minimum absolute atomic E-state index is 0.0417. The second-order valence-corrected chi connectivity index (χ2v) is 4.79. The first-order valence-corrected chi connectivity index (χ1v) is 7.01. The Morgan fingerprint density at radius 3 is 2.63 bits per heavy atom. The minimum atomic E-state index is -0.0648. The normalized spacial score (nSPS) is 11.0. The molecule has 0 saturated heterocycles. The molecule has 2 heteroatoms. The van der Waals surface area contributed by atoms with Crippen molar-refractivity contribution in [1.82, 2.24) is 0 Å². The van der Waals surface area contributed by atoms with Crippen molar-refractivity contribution in [2.75, 3.05) is 0 Å². The second-order valence-electron chi connectivity index (χ2n) is 4.79. The van der Waals surface area contributed by atoms with E-state index in [4.69, 9.17) is 0 Å². The molecule has 0 heterocycles. The van der Waals surface area contributed by atoms with Crippen LogP contribution in [0.5, 0.6) is 11.5 Å². The summed E-state index contributed by atoms with van der Waals surface area (Å²) in [5.41, 5.74) is 1.63. The first-order chi connectivity index (χ1) is 9.19. The first-order valence-electron chi connectivity index (χ1n) is 7.01. The standard InChI is InChI=1S/C17H24O2/c1-3-5-6-7-8-9-11-14-12-15(10-4-2)17(19)16(18)13-14/h4,9,11-13,18-19H,2-3,5-8,10H2,1H3. The van der Waals surface area contributed by atoms with E-state index >= 15 is 0 Å². The fourth-order valence-corrected chi connectivity index (χ4v) is 2.02. The third kappa shape index (κ3) is 5.21. The fourth-order valence-electron chi connectivity index (χ4n) is 2.02. The summed E-state index contributed by atoms with van der Waals surface area (Å²) in [5.74, 6) is -0.107. The molecular formula is C17H24O2. The molecule has 19 heavy (non-hydrogen) atoms. The van der Waals surface area contributed by atoms with Crippen molar-refractivity contribution in [3.05, 3.63) is 42.0 Å². The Hall–Kier alpha value is -1.70. The largest absolute Gasteiger partial charge is 0.504 e. The molecule has 0 aromatic heterocycles. The van der Waals surface area contributed by atoms with Crippen LogP contribution >= 0.6 is 0 Å². The van der Waals surface area contributed by atoms with Crippen LogP contribution in [-0.2, 0) is 6.42 Å². The van der Waals surface area contributed by atoms with Gasteiger partial charge in [0.25, 0.3) is 0 Å². The van der Waals surface area contributed by atoms with E-state index in [1.54, 1.807) is 12.1 Å². The molecule has 104 valence electrons. The van der Waals surface area contributed by atoms with Crippen LogP contribution < -0.4 is 0 Å². The van der Waals surface area contributed by atoms with Crippen molar-refractivity contribution in [2.24, 2.45) is 0 Å². The molecule has 0 aliphatic carbocycles. The summed E-state index contributed by atoms with van der Waals surface area (Å²) < 4.78 is 0. The van der Waals surface area contributed by atoms with Gasteiger partial charge in [0, 0.05) is 5.56 Å². The van der Waals surface area contributed by atoms with Crippen LogP contribution in [0.25, 0.3) is 6.08 Å². The highest BCUT2D eigenvalue weighted by atomic mass is 16.3. The molecule has 1 aromatic rings. The van der Waals surface area contributed by atoms with E-state index in [2.05, 4.69) is 19.6 Å². The van der Waals surface area contributed by atoms with E-state index < -0.39 is 0 Å². The van der Waals surface area contributed by atoms with E-state index in [1.807, 2.05) is 12.1 Å². The summed E-state index contributed by atoms with van der Waals surface area (Å²) in [6.45, 7) is 5.85. The Balaban J connectivity index is 2.62. The van der Waals surface area contributed by atoms with Gasteiger partial charge in [0.05, 0.1) is 0 Å². The van der Waals surface area contributed by atoms with Gasteiger partial charge in [0.2, 0.25) is 0 Å². The van der Waals surface area contributed by atoms with Gasteiger partial charge in [-0.15, -0.1) is 6.58 Å². The first kappa shape index (κ1) is 15.4. The van der Waals surface area contributed by atoms with Crippen molar-refractivity contribution in [1.29, 1.82) is 0 Å². The van der Waals surface area contributed by atoms with Crippen LogP contribution in [-0.4, -0.2) is 10.2 Å². The Morgan fingerprint density at radius 2 is 1.95 bits per heavy atom. The lowest BCUT2D eigenvalue weighted by Crippen LogP contribution is -1.85. The second kappa shape index (κ2) is 8.41. The Morgan fingerprint density at radius 1 is 1.16 bits per heavy atom. The summed E-state index contributed by atoms with van der Waals surface area (Å²) in [7, 11) is 0. The number of aromatic hydroxyl groups is 2. The van der Waals surface area contributed by atoms with E-state index in [-0.39, 0.29) is 11.5 Å². The molecule has 0 radical (unpaired) electrons. The Kier molecular flexibility index (Phi) is 6.80. The van der Waals surface area contributed by atoms with Crippen LogP contribution in [0.4, 0.5) is 0 Å². The maximum Gasteiger partial charge on any atom is 0.161 e. The van der Waals surface area contributed by atoms with Gasteiger partial charge >= 0.3 is 0 Å². The van der Waals surface area contributed by atoms with E-state index in [0.29, 0.717) is 12.0 Å². The highest BCUT2D eigenvalue weighted by Crippen LogP contribution is 2.31. The third-order valence-electron chi connectivity index (χ3n) is 3.09. The van der Waals surface area contributed by atoms with Crippen LogP contribution in [0.1, 0.15) is 50.2 Å². The molecule has 0 unspecified atom stereocenters. The maximum absolute atomic E-state index is 9.70. The van der Waals surface area contributed by atoms with Crippen molar-refractivity contribution in [2.45, 2.75) is 45.4 Å². The molecule has 0 amide bonds. The quantitative estimate of drug-likeness (QED) is 0.400. The predicted molar refractivity (Wildman–Crippen MR) is 81.5 cm³/mol. The topological polar surface area (TPSA) is 40.5 Å². The minimum Gasteiger partial charge on any atom is -0.504 e. The smallest absolute Gasteiger partial charge is 0.161 e. The lowest BCUT2D eigenvalue weighted by Gasteiger charge is -2.06. The lowest BCUT2D eigenvalue weighted by atomic mass is 10.0. The molecule has 0 bridgehead atoms. The zero-order valence-corrected chi connectivity index (χ0v) is 11.7. The summed E-state index contributed by atoms with van der Waals surface area (Å²) >= 11 is 0. The number of rotatable bonds is 8. The van der Waals surface area contributed by atoms with Crippen LogP contribution in [0.15, 0.2) is 30.9 Å². The van der Waals surface area contributed by atoms with Crippen molar-refractivity contribution >= 4 is 6.08 Å². The number of phenolic OH excluding ortho intramolecular Hbond substituents is 2. The van der Waals surface area contributed by atoms with E-state index in [1.165, 1.54) is 25.7 Å². The van der Waals surface area contributed by atoms with Gasteiger partial charge in [-0.05, 0) is 37.0 Å². The van der Waals surface area contributed by atoms with Gasteiger partial charge in [-0.25, -0.2) is 0 Å². The van der Waals surface area contributed by atoms with Gasteiger partial charge in [-0.3, -0.25) is 0 Å². The zero-order chi connectivity index (χ0) is 14.1. The van der Waals surface area contributed by atoms with Crippen LogP contribution in [0.3, 0.4) is 0 Å². The maximum atomic E-state index is 9.70. The van der Waals surface area contributed by atoms with Crippen LogP contribution in [0, 0.1) is 0 Å². The van der Waals surface area contributed by atoms with Gasteiger partial charge in [-0.1, -0.05) is 44.4 Å². The van der Waals surface area contributed by atoms with Crippen molar-refractivity contribution in [3.63, 3.8) is 0 Å². The molecule has 2 nitrogen and oxygen atoms in total. The number of allylic oxidation sites excluding steroid dienone is 2. The molecule has 0 fully saturated rings. The molecule has 0 aliphatic rings. The monoisotopic (exact) mass is 260 g/mol. The third-order valence-corrected chi connectivity index (χ3v) is 3.09. The molecule has 1 rings (SSSR count). The summed E-state index contributed by atoms with van der Waals surface area (Å²) in [6.07, 6.45) is 12.5. The fraction of sp³-hybridized carbons (Fsp3) is 0.412. The number of unbranched alkanes of at least 4 members (excludes halogenated alkanes) is 4. The number of hydrogen-bond acceptors (Lipinski definition) is 2. The molecule has 1 aromatic carbocycles. The highest BCUT2D eigenvalue weighted by molar-refractivity contribution is 5.58. The average molecular weight is 260 g/mol. The van der Waals surface area contributed by atoms with E-state index in [9.17, 15) is 10.2 Å². The van der Waals surface area contributed by atoms with Crippen molar-refractivity contribution in [3.8, 4) is 11.5 Å². The molecule has 2 N–H and O–H groups in total. The van der Waals surface area contributed by atoms with Crippen LogP contribution in [0.2, 0.25) is 0 Å². The van der Waals surface area contributed by atoms with Crippen molar-refractivity contribution < 1.29 is 10.2 Å². The van der Waals surface area contributed by atoms with Gasteiger partial charge < -0.3 is 10.2 Å². The summed E-state index contributed by atoms with van der Waals surface area (Å²) in [6, 6.07) is 3.48. The van der Waals surface area contributed by atoms with Gasteiger partial charge in [0.1, 0.15) is 0 Å². The van der Waals surface area contributed by atoms with Gasteiger partial charge in [-0.2, -0.15) is 0 Å². The summed E-state index contributed by atoms with van der Waals surface area (Å²) in [4.78, 5) is 0. The Bertz CT molecular complexity index is 433. The lowest BCUT2D eigenvalue weighted by molar-refractivity contribution is 0.400. The number of phenols is 2. The van der Waals surface area contributed by atoms with E-state index in [0.717, 1.165) is 12.0 Å². The highest BCUT2D eigenvalue weighted by Gasteiger charge is 2.06. The SMILES string of the molecule is C=CCc1cc(C=CCCCCCC)cc(O)c1O. The zero-order valence-electron chi connectivity index (χ0n) is 11.7. The Labute approximate surface area is 116 Å². The molecule has 0 saturated carbocycles. The molecule has 0 atom stereocenters. The number of hydrogen-bond donors (Lipinski definition) is 2. The van der Waals surface area contributed by atoms with Gasteiger partial charge in [0.15, 0.2) is 11.5 Å². The molecule has 0 spiro atoms. The summed E-state index contributed by atoms with van der Waals surface area (Å²) in [5, 5.41) is 19.4. The number of benzene rings is 1. The predicted octanol–water partition coefficient (Wildman–Crippen LogP) is 4.81.